The highest BCUT2D eigenvalue weighted by Crippen LogP contribution is 2.31. The van der Waals surface area contributed by atoms with Crippen molar-refractivity contribution in [1.82, 2.24) is 0 Å². The average Bonchev–Trinajstić information content (AvgIpc) is 2.77. The van der Waals surface area contributed by atoms with Crippen LogP contribution in [0.3, 0.4) is 0 Å². The molecule has 168 valence electrons. The van der Waals surface area contributed by atoms with Crippen molar-refractivity contribution in [2.24, 2.45) is 0 Å². The second-order valence-corrected chi connectivity index (χ2v) is 8.52. The molecule has 3 aromatic carbocycles. The van der Waals surface area contributed by atoms with Crippen LogP contribution in [-0.4, -0.2) is 34.8 Å². The quantitative estimate of drug-likeness (QED) is 0.470. The Kier molecular flexibility index (Phi) is 7.33. The molecule has 0 saturated carbocycles. The Labute approximate surface area is 189 Å². The minimum absolute atomic E-state index is 0.0158. The Balaban J connectivity index is 1.74. The fourth-order valence-electron chi connectivity index (χ4n) is 3.34. The standard InChI is InChI=1S/C27H30O5/c1-18-14-23(32-17-26(29)27(3,4)30)12-13-24(18)25-7-5-6-21(19(25)2)16-31-22-10-8-20(15-28)9-11-22/h5-15,26,29-30H,16-17H2,1-4H3/t26-/m1/s1. The Bertz CT molecular complexity index is 1060. The zero-order valence-electron chi connectivity index (χ0n) is 19.0. The van der Waals surface area contributed by atoms with Crippen molar-refractivity contribution < 1.29 is 24.5 Å². The molecule has 0 heterocycles. The highest BCUT2D eigenvalue weighted by Gasteiger charge is 2.25. The molecule has 0 fully saturated rings. The first-order chi connectivity index (χ1) is 15.2. The number of aldehydes is 1. The maximum Gasteiger partial charge on any atom is 0.150 e. The third kappa shape index (κ3) is 5.75. The van der Waals surface area contributed by atoms with E-state index in [1.165, 1.54) is 0 Å². The molecule has 5 heteroatoms. The van der Waals surface area contributed by atoms with E-state index < -0.39 is 11.7 Å². The van der Waals surface area contributed by atoms with E-state index in [4.69, 9.17) is 9.47 Å². The number of aryl methyl sites for hydroxylation is 1. The molecule has 0 radical (unpaired) electrons. The molecule has 32 heavy (non-hydrogen) atoms. The number of ether oxygens (including phenoxy) is 2. The maximum absolute atomic E-state index is 10.8. The van der Waals surface area contributed by atoms with Crippen molar-refractivity contribution >= 4 is 6.29 Å². The van der Waals surface area contributed by atoms with E-state index in [0.717, 1.165) is 34.1 Å². The Morgan fingerprint density at radius 2 is 1.62 bits per heavy atom. The molecule has 0 aliphatic heterocycles. The summed E-state index contributed by atoms with van der Waals surface area (Å²) in [6, 6.07) is 19.0. The van der Waals surface area contributed by atoms with Crippen LogP contribution in [0.15, 0.2) is 60.7 Å². The van der Waals surface area contributed by atoms with Gasteiger partial charge in [0.05, 0.1) is 5.60 Å². The van der Waals surface area contributed by atoms with E-state index in [-0.39, 0.29) is 6.61 Å². The molecule has 0 aliphatic carbocycles. The zero-order valence-corrected chi connectivity index (χ0v) is 19.0. The summed E-state index contributed by atoms with van der Waals surface area (Å²) in [5.74, 6) is 1.36. The van der Waals surface area contributed by atoms with Crippen LogP contribution in [-0.2, 0) is 6.61 Å². The largest absolute Gasteiger partial charge is 0.491 e. The summed E-state index contributed by atoms with van der Waals surface area (Å²) in [5, 5.41) is 19.8. The number of benzene rings is 3. The molecule has 0 saturated heterocycles. The van der Waals surface area contributed by atoms with Crippen LogP contribution >= 0.6 is 0 Å². The van der Waals surface area contributed by atoms with Crippen LogP contribution < -0.4 is 9.47 Å². The van der Waals surface area contributed by atoms with Gasteiger partial charge < -0.3 is 19.7 Å². The molecule has 0 unspecified atom stereocenters. The number of aliphatic hydroxyl groups excluding tert-OH is 1. The molecule has 0 bridgehead atoms. The van der Waals surface area contributed by atoms with Gasteiger partial charge in [0.2, 0.25) is 0 Å². The second-order valence-electron chi connectivity index (χ2n) is 8.52. The van der Waals surface area contributed by atoms with Gasteiger partial charge in [0.1, 0.15) is 37.1 Å². The second kappa shape index (κ2) is 9.98. The SMILES string of the molecule is Cc1cc(OC[C@@H](O)C(C)(C)O)ccc1-c1cccc(COc2ccc(C=O)cc2)c1C. The number of hydrogen-bond donors (Lipinski definition) is 2. The van der Waals surface area contributed by atoms with Crippen LogP contribution in [0.5, 0.6) is 11.5 Å². The number of rotatable bonds is 9. The van der Waals surface area contributed by atoms with Gasteiger partial charge in [0.15, 0.2) is 0 Å². The first kappa shape index (κ1) is 23.5. The summed E-state index contributed by atoms with van der Waals surface area (Å²) in [6.07, 6.45) is -0.165. The lowest BCUT2D eigenvalue weighted by atomic mass is 9.93. The van der Waals surface area contributed by atoms with E-state index in [2.05, 4.69) is 13.0 Å². The summed E-state index contributed by atoms with van der Waals surface area (Å²) in [5.41, 5.74) is 4.86. The third-order valence-electron chi connectivity index (χ3n) is 5.57. The molecule has 0 amide bonds. The van der Waals surface area contributed by atoms with Gasteiger partial charge >= 0.3 is 0 Å². The molecule has 3 rings (SSSR count). The molecule has 2 N–H and O–H groups in total. The lowest BCUT2D eigenvalue weighted by Gasteiger charge is -2.24. The molecular formula is C27H30O5. The molecule has 3 aromatic rings. The summed E-state index contributed by atoms with van der Waals surface area (Å²) >= 11 is 0. The molecule has 0 aliphatic rings. The van der Waals surface area contributed by atoms with Crippen molar-refractivity contribution in [3.8, 4) is 22.6 Å². The third-order valence-corrected chi connectivity index (χ3v) is 5.57. The molecule has 5 nitrogen and oxygen atoms in total. The number of carbonyl (C=O) groups is 1. The fraction of sp³-hybridized carbons (Fsp3) is 0.296. The van der Waals surface area contributed by atoms with Crippen molar-refractivity contribution in [2.75, 3.05) is 6.61 Å². The summed E-state index contributed by atoms with van der Waals surface area (Å²) in [6.45, 7) is 7.64. The van der Waals surface area contributed by atoms with Gasteiger partial charge in [0, 0.05) is 5.56 Å². The monoisotopic (exact) mass is 434 g/mol. The fourth-order valence-corrected chi connectivity index (χ4v) is 3.34. The zero-order chi connectivity index (χ0) is 23.3. The Morgan fingerprint density at radius 1 is 0.938 bits per heavy atom. The van der Waals surface area contributed by atoms with Gasteiger partial charge in [-0.3, -0.25) is 4.79 Å². The Morgan fingerprint density at radius 3 is 2.25 bits per heavy atom. The first-order valence-corrected chi connectivity index (χ1v) is 10.6. The van der Waals surface area contributed by atoms with Crippen LogP contribution in [0, 0.1) is 13.8 Å². The number of aliphatic hydroxyl groups is 2. The first-order valence-electron chi connectivity index (χ1n) is 10.6. The number of hydrogen-bond acceptors (Lipinski definition) is 5. The topological polar surface area (TPSA) is 76.0 Å². The van der Waals surface area contributed by atoms with Crippen LogP contribution in [0.1, 0.15) is 40.9 Å². The minimum atomic E-state index is -1.22. The van der Waals surface area contributed by atoms with E-state index >= 15 is 0 Å². The highest BCUT2D eigenvalue weighted by molar-refractivity contribution is 5.75. The molecule has 0 aromatic heterocycles. The lowest BCUT2D eigenvalue weighted by molar-refractivity contribution is -0.0661. The van der Waals surface area contributed by atoms with Crippen LogP contribution in [0.4, 0.5) is 0 Å². The van der Waals surface area contributed by atoms with Crippen LogP contribution in [0.25, 0.3) is 11.1 Å². The van der Waals surface area contributed by atoms with Gasteiger partial charge in [-0.15, -0.1) is 0 Å². The van der Waals surface area contributed by atoms with Gasteiger partial charge in [0.25, 0.3) is 0 Å². The molecule has 0 spiro atoms. The van der Waals surface area contributed by atoms with Gasteiger partial charge in [-0.25, -0.2) is 0 Å². The highest BCUT2D eigenvalue weighted by atomic mass is 16.5. The van der Waals surface area contributed by atoms with Crippen molar-refractivity contribution in [1.29, 1.82) is 0 Å². The average molecular weight is 435 g/mol. The van der Waals surface area contributed by atoms with Crippen LogP contribution in [0.2, 0.25) is 0 Å². The number of carbonyl (C=O) groups excluding carboxylic acids is 1. The van der Waals surface area contributed by atoms with Crippen molar-refractivity contribution in [3.63, 3.8) is 0 Å². The van der Waals surface area contributed by atoms with Gasteiger partial charge in [-0.2, -0.15) is 0 Å². The summed E-state index contributed by atoms with van der Waals surface area (Å²) < 4.78 is 11.6. The maximum atomic E-state index is 10.8. The molecular weight excluding hydrogens is 404 g/mol. The smallest absolute Gasteiger partial charge is 0.150 e. The van der Waals surface area contributed by atoms with E-state index in [0.29, 0.717) is 23.7 Å². The van der Waals surface area contributed by atoms with E-state index in [1.807, 2.05) is 37.3 Å². The predicted molar refractivity (Wildman–Crippen MR) is 125 cm³/mol. The predicted octanol–water partition coefficient (Wildman–Crippen LogP) is 4.87. The van der Waals surface area contributed by atoms with Gasteiger partial charge in [-0.05, 0) is 91.9 Å². The minimum Gasteiger partial charge on any atom is -0.491 e. The molecule has 1 atom stereocenters. The van der Waals surface area contributed by atoms with Crippen molar-refractivity contribution in [2.45, 2.75) is 46.0 Å². The van der Waals surface area contributed by atoms with Gasteiger partial charge in [-0.1, -0.05) is 24.3 Å². The summed E-state index contributed by atoms with van der Waals surface area (Å²) in [4.78, 5) is 10.8. The Hall–Kier alpha value is -3.15. The lowest BCUT2D eigenvalue weighted by Crippen LogP contribution is -2.40. The van der Waals surface area contributed by atoms with E-state index in [9.17, 15) is 15.0 Å². The van der Waals surface area contributed by atoms with Crippen molar-refractivity contribution in [3.05, 3.63) is 82.9 Å². The van der Waals surface area contributed by atoms with E-state index in [1.54, 1.807) is 38.1 Å². The normalized spacial score (nSPS) is 12.3. The summed E-state index contributed by atoms with van der Waals surface area (Å²) in [7, 11) is 0.